The summed E-state index contributed by atoms with van der Waals surface area (Å²) in [7, 11) is 0. The number of aromatic nitrogens is 3. The molecule has 0 aliphatic heterocycles. The van der Waals surface area contributed by atoms with Gasteiger partial charge in [0.25, 0.3) is 0 Å². The molecule has 0 spiro atoms. The largest absolute Gasteiger partial charge is 0.243 e. The van der Waals surface area contributed by atoms with Crippen molar-refractivity contribution >= 4 is 0 Å². The molecule has 0 N–H and O–H groups in total. The third-order valence-corrected chi connectivity index (χ3v) is 1.82. The van der Waals surface area contributed by atoms with Crippen molar-refractivity contribution in [1.82, 2.24) is 14.8 Å². The highest BCUT2D eigenvalue weighted by atomic mass is 15.3. The van der Waals surface area contributed by atoms with Crippen LogP contribution in [-0.2, 0) is 6.54 Å². The number of hydrogen-bond donors (Lipinski definition) is 0. The van der Waals surface area contributed by atoms with Crippen molar-refractivity contribution in [1.29, 1.82) is 0 Å². The van der Waals surface area contributed by atoms with Gasteiger partial charge in [-0.15, -0.1) is 0 Å². The van der Waals surface area contributed by atoms with E-state index >= 15 is 0 Å². The molecule has 0 bridgehead atoms. The molecule has 2 aromatic rings. The molecule has 0 saturated carbocycles. The highest BCUT2D eigenvalue weighted by molar-refractivity contribution is 5.53. The molecule has 65 valence electrons. The van der Waals surface area contributed by atoms with Gasteiger partial charge < -0.3 is 0 Å². The van der Waals surface area contributed by atoms with Crippen LogP contribution in [0, 0.1) is 6.33 Å². The summed E-state index contributed by atoms with van der Waals surface area (Å²) in [5.41, 5.74) is 1.03. The van der Waals surface area contributed by atoms with E-state index in [0.717, 1.165) is 17.9 Å². The molecule has 1 aromatic carbocycles. The molecule has 0 aliphatic carbocycles. The van der Waals surface area contributed by atoms with Crippen molar-refractivity contribution in [2.75, 3.05) is 0 Å². The Labute approximate surface area is 77.0 Å². The monoisotopic (exact) mass is 172 g/mol. The second kappa shape index (κ2) is 3.39. The summed E-state index contributed by atoms with van der Waals surface area (Å²) in [6.45, 7) is 2.82. The van der Waals surface area contributed by atoms with Crippen molar-refractivity contribution in [2.45, 2.75) is 13.5 Å². The fourth-order valence-electron chi connectivity index (χ4n) is 1.12. The van der Waals surface area contributed by atoms with Crippen LogP contribution in [0.2, 0.25) is 0 Å². The normalized spacial score (nSPS) is 10.2. The summed E-state index contributed by atoms with van der Waals surface area (Å²) in [5, 5.41) is 4.25. The zero-order chi connectivity index (χ0) is 9.10. The van der Waals surface area contributed by atoms with Gasteiger partial charge in [-0.05, 0) is 6.92 Å². The van der Waals surface area contributed by atoms with Crippen molar-refractivity contribution in [3.8, 4) is 11.4 Å². The SMILES string of the molecule is CCn1[c]nc(-c2ccccc2)n1. The van der Waals surface area contributed by atoms with Gasteiger partial charge in [0.2, 0.25) is 0 Å². The lowest BCUT2D eigenvalue weighted by atomic mass is 10.2. The van der Waals surface area contributed by atoms with E-state index in [2.05, 4.69) is 16.4 Å². The van der Waals surface area contributed by atoms with Crippen LogP contribution in [0.25, 0.3) is 11.4 Å². The van der Waals surface area contributed by atoms with Crippen molar-refractivity contribution < 1.29 is 0 Å². The Morgan fingerprint density at radius 2 is 2.08 bits per heavy atom. The van der Waals surface area contributed by atoms with Gasteiger partial charge in [0.15, 0.2) is 12.2 Å². The second-order valence-electron chi connectivity index (χ2n) is 2.72. The van der Waals surface area contributed by atoms with Crippen molar-refractivity contribution in [2.24, 2.45) is 0 Å². The molecule has 1 radical (unpaired) electrons. The minimum atomic E-state index is 0.738. The van der Waals surface area contributed by atoms with Crippen LogP contribution in [-0.4, -0.2) is 14.8 Å². The predicted molar refractivity (Wildman–Crippen MR) is 50.0 cm³/mol. The first kappa shape index (κ1) is 7.98. The molecular formula is C10H10N3. The summed E-state index contributed by atoms with van der Waals surface area (Å²) in [4.78, 5) is 4.08. The summed E-state index contributed by atoms with van der Waals surface area (Å²) < 4.78 is 1.70. The predicted octanol–water partition coefficient (Wildman–Crippen LogP) is 1.77. The zero-order valence-corrected chi connectivity index (χ0v) is 7.44. The molecular weight excluding hydrogens is 162 g/mol. The van der Waals surface area contributed by atoms with E-state index in [1.807, 2.05) is 37.3 Å². The van der Waals surface area contributed by atoms with Gasteiger partial charge in [0, 0.05) is 12.1 Å². The molecule has 13 heavy (non-hydrogen) atoms. The van der Waals surface area contributed by atoms with E-state index < -0.39 is 0 Å². The van der Waals surface area contributed by atoms with E-state index in [1.54, 1.807) is 4.68 Å². The minimum Gasteiger partial charge on any atom is -0.243 e. The van der Waals surface area contributed by atoms with Crippen LogP contribution in [0.1, 0.15) is 6.92 Å². The minimum absolute atomic E-state index is 0.738. The molecule has 0 atom stereocenters. The molecule has 1 aromatic heterocycles. The number of benzene rings is 1. The Balaban J connectivity index is 2.36. The quantitative estimate of drug-likeness (QED) is 0.691. The number of aryl methyl sites for hydroxylation is 1. The van der Waals surface area contributed by atoms with Gasteiger partial charge in [-0.25, -0.2) is 9.67 Å². The molecule has 0 saturated heterocycles. The average Bonchev–Trinajstić information content (AvgIpc) is 2.67. The highest BCUT2D eigenvalue weighted by Crippen LogP contribution is 2.12. The molecule has 0 unspecified atom stereocenters. The average molecular weight is 172 g/mol. The van der Waals surface area contributed by atoms with E-state index in [0.29, 0.717) is 0 Å². The highest BCUT2D eigenvalue weighted by Gasteiger charge is 2.01. The van der Waals surface area contributed by atoms with Gasteiger partial charge in [-0.3, -0.25) is 0 Å². The summed E-state index contributed by atoms with van der Waals surface area (Å²) in [6, 6.07) is 9.90. The Morgan fingerprint density at radius 3 is 2.69 bits per heavy atom. The van der Waals surface area contributed by atoms with Crippen LogP contribution in [0.4, 0.5) is 0 Å². The van der Waals surface area contributed by atoms with Crippen LogP contribution < -0.4 is 0 Å². The molecule has 0 fully saturated rings. The lowest BCUT2D eigenvalue weighted by molar-refractivity contribution is 0.654. The third-order valence-electron chi connectivity index (χ3n) is 1.82. The fourth-order valence-corrected chi connectivity index (χ4v) is 1.12. The summed E-state index contributed by atoms with van der Waals surface area (Å²) in [5.74, 6) is 0.738. The number of hydrogen-bond acceptors (Lipinski definition) is 2. The molecule has 0 aliphatic rings. The topological polar surface area (TPSA) is 30.7 Å². The molecule has 2 rings (SSSR count). The van der Waals surface area contributed by atoms with E-state index in [-0.39, 0.29) is 0 Å². The Hall–Kier alpha value is -1.64. The zero-order valence-electron chi connectivity index (χ0n) is 7.44. The van der Waals surface area contributed by atoms with Gasteiger partial charge >= 0.3 is 0 Å². The van der Waals surface area contributed by atoms with Gasteiger partial charge in [0.1, 0.15) is 0 Å². The summed E-state index contributed by atoms with van der Waals surface area (Å²) >= 11 is 0. The molecule has 0 amide bonds. The first-order chi connectivity index (χ1) is 6.40. The molecule has 3 nitrogen and oxygen atoms in total. The number of nitrogens with zero attached hydrogens (tertiary/aromatic N) is 3. The Bertz CT molecular complexity index is 378. The molecule has 1 heterocycles. The Morgan fingerprint density at radius 1 is 1.31 bits per heavy atom. The smallest absolute Gasteiger partial charge is 0.196 e. The van der Waals surface area contributed by atoms with Gasteiger partial charge in [-0.2, -0.15) is 5.10 Å². The van der Waals surface area contributed by atoms with E-state index in [9.17, 15) is 0 Å². The standard InChI is InChI=1S/C10H10N3/c1-2-13-8-11-10(12-13)9-6-4-3-5-7-9/h3-7H,2H2,1H3. The summed E-state index contributed by atoms with van der Waals surface area (Å²) in [6.07, 6.45) is 2.81. The first-order valence-electron chi connectivity index (χ1n) is 4.28. The van der Waals surface area contributed by atoms with E-state index in [1.165, 1.54) is 0 Å². The lowest BCUT2D eigenvalue weighted by Crippen LogP contribution is -1.94. The molecule has 3 heteroatoms. The fraction of sp³-hybridized carbons (Fsp3) is 0.200. The van der Waals surface area contributed by atoms with E-state index in [4.69, 9.17) is 0 Å². The van der Waals surface area contributed by atoms with Gasteiger partial charge in [-0.1, -0.05) is 30.3 Å². The second-order valence-corrected chi connectivity index (χ2v) is 2.72. The third kappa shape index (κ3) is 1.59. The lowest BCUT2D eigenvalue weighted by Gasteiger charge is -1.92. The maximum atomic E-state index is 4.25. The van der Waals surface area contributed by atoms with Crippen LogP contribution in [0.15, 0.2) is 30.3 Å². The van der Waals surface area contributed by atoms with Crippen LogP contribution >= 0.6 is 0 Å². The maximum absolute atomic E-state index is 4.25. The Kier molecular flexibility index (Phi) is 2.08. The van der Waals surface area contributed by atoms with Crippen molar-refractivity contribution in [3.63, 3.8) is 0 Å². The maximum Gasteiger partial charge on any atom is 0.196 e. The first-order valence-corrected chi connectivity index (χ1v) is 4.28. The van der Waals surface area contributed by atoms with Crippen LogP contribution in [0.3, 0.4) is 0 Å². The number of rotatable bonds is 2. The van der Waals surface area contributed by atoms with Crippen molar-refractivity contribution in [3.05, 3.63) is 36.7 Å². The van der Waals surface area contributed by atoms with Crippen LogP contribution in [0.5, 0.6) is 0 Å². The van der Waals surface area contributed by atoms with Gasteiger partial charge in [0.05, 0.1) is 0 Å².